The molecule has 0 bridgehead atoms. The molecule has 3 aromatic carbocycles. The maximum Gasteiger partial charge on any atom is 0.266 e. The van der Waals surface area contributed by atoms with Crippen LogP contribution >= 0.6 is 11.6 Å². The number of fused-ring (bicyclic) bond motifs is 1. The molecular formula is C28H27ClFN3O3. The number of hydrogen-bond acceptors (Lipinski definition) is 4. The van der Waals surface area contributed by atoms with Crippen molar-refractivity contribution in [1.29, 1.82) is 0 Å². The van der Waals surface area contributed by atoms with Gasteiger partial charge in [-0.1, -0.05) is 25.4 Å². The molecule has 0 aliphatic carbocycles. The summed E-state index contributed by atoms with van der Waals surface area (Å²) in [5.74, 6) is 0.466. The summed E-state index contributed by atoms with van der Waals surface area (Å²) in [4.78, 5) is 33.8. The summed E-state index contributed by atoms with van der Waals surface area (Å²) in [6, 6.07) is 16.9. The van der Waals surface area contributed by atoms with Gasteiger partial charge in [0.15, 0.2) is 0 Å². The Bertz CT molecular complexity index is 1450. The van der Waals surface area contributed by atoms with Crippen molar-refractivity contribution in [2.45, 2.75) is 26.8 Å². The number of ether oxygens (including phenoxy) is 1. The molecule has 0 saturated carbocycles. The van der Waals surface area contributed by atoms with Crippen LogP contribution in [-0.4, -0.2) is 34.0 Å². The first kappa shape index (κ1) is 25.4. The van der Waals surface area contributed by atoms with Gasteiger partial charge >= 0.3 is 0 Å². The number of carbonyl (C=O) groups is 1. The number of nitrogens with zero attached hydrogens (tertiary/aromatic N) is 3. The summed E-state index contributed by atoms with van der Waals surface area (Å²) in [5.41, 5.74) is 1.11. The van der Waals surface area contributed by atoms with Crippen molar-refractivity contribution in [3.8, 4) is 11.4 Å². The molecule has 1 heterocycles. The quantitative estimate of drug-likeness (QED) is 0.305. The molecule has 0 N–H and O–H groups in total. The molecule has 6 nitrogen and oxygen atoms in total. The van der Waals surface area contributed by atoms with Crippen LogP contribution in [0, 0.1) is 11.7 Å². The number of methoxy groups -OCH3 is 1. The molecule has 1 atom stereocenters. The van der Waals surface area contributed by atoms with Gasteiger partial charge in [0.05, 0.1) is 29.7 Å². The van der Waals surface area contributed by atoms with Crippen LogP contribution in [0.5, 0.6) is 5.75 Å². The summed E-state index contributed by atoms with van der Waals surface area (Å²) >= 11 is 6.21. The highest BCUT2D eigenvalue weighted by Gasteiger charge is 2.28. The smallest absolute Gasteiger partial charge is 0.266 e. The van der Waals surface area contributed by atoms with E-state index < -0.39 is 11.9 Å². The van der Waals surface area contributed by atoms with Crippen molar-refractivity contribution in [2.24, 2.45) is 5.92 Å². The minimum atomic E-state index is -0.594. The zero-order chi connectivity index (χ0) is 26.0. The molecule has 4 aromatic rings. The van der Waals surface area contributed by atoms with Gasteiger partial charge < -0.3 is 9.64 Å². The summed E-state index contributed by atoms with van der Waals surface area (Å²) in [6.45, 7) is 6.25. The van der Waals surface area contributed by atoms with Crippen molar-refractivity contribution >= 4 is 28.4 Å². The van der Waals surface area contributed by atoms with Crippen molar-refractivity contribution in [3.05, 3.63) is 99.3 Å². The van der Waals surface area contributed by atoms with E-state index in [9.17, 15) is 14.0 Å². The zero-order valence-corrected chi connectivity index (χ0v) is 21.3. The zero-order valence-electron chi connectivity index (χ0n) is 20.5. The van der Waals surface area contributed by atoms with Crippen LogP contribution in [0.1, 0.15) is 43.0 Å². The highest BCUT2D eigenvalue weighted by molar-refractivity contribution is 6.31. The van der Waals surface area contributed by atoms with Gasteiger partial charge in [-0.05, 0) is 79.6 Å². The van der Waals surface area contributed by atoms with Gasteiger partial charge in [-0.3, -0.25) is 14.2 Å². The lowest BCUT2D eigenvalue weighted by Gasteiger charge is -2.32. The van der Waals surface area contributed by atoms with Crippen molar-refractivity contribution in [3.63, 3.8) is 0 Å². The molecule has 1 unspecified atom stereocenters. The number of amides is 1. The molecule has 36 heavy (non-hydrogen) atoms. The van der Waals surface area contributed by atoms with E-state index in [4.69, 9.17) is 21.3 Å². The second-order valence-corrected chi connectivity index (χ2v) is 9.44. The largest absolute Gasteiger partial charge is 0.497 e. The van der Waals surface area contributed by atoms with Crippen LogP contribution in [0.3, 0.4) is 0 Å². The fraction of sp³-hybridized carbons (Fsp3) is 0.250. The molecule has 0 spiro atoms. The van der Waals surface area contributed by atoms with E-state index in [1.54, 1.807) is 54.5 Å². The van der Waals surface area contributed by atoms with Gasteiger partial charge in [-0.2, -0.15) is 0 Å². The predicted octanol–water partition coefficient (Wildman–Crippen LogP) is 6.05. The van der Waals surface area contributed by atoms with E-state index in [1.165, 1.54) is 28.8 Å². The van der Waals surface area contributed by atoms with E-state index in [0.717, 1.165) is 0 Å². The standard InChI is InChI=1S/C28H27ClFN3O3/c1-17(2)16-32(27(34)19-5-8-21(30)9-6-19)18(3)26-31-25-15-20(29)7-14-24(25)28(35)33(26)22-10-12-23(36-4)13-11-22/h5-15,17-18H,16H2,1-4H3. The number of rotatable bonds is 7. The van der Waals surface area contributed by atoms with Gasteiger partial charge in [-0.15, -0.1) is 0 Å². The number of benzene rings is 3. The third kappa shape index (κ3) is 5.11. The first-order valence-electron chi connectivity index (χ1n) is 11.6. The second kappa shape index (κ2) is 10.5. The third-order valence-corrected chi connectivity index (χ3v) is 6.18. The summed E-state index contributed by atoms with van der Waals surface area (Å²) < 4.78 is 20.3. The van der Waals surface area contributed by atoms with Crippen molar-refractivity contribution < 1.29 is 13.9 Å². The van der Waals surface area contributed by atoms with Gasteiger partial charge in [-0.25, -0.2) is 9.37 Å². The SMILES string of the molecule is COc1ccc(-n2c(C(C)N(CC(C)C)C(=O)c3ccc(F)cc3)nc3cc(Cl)ccc3c2=O)cc1. The van der Waals surface area contributed by atoms with Crippen molar-refractivity contribution in [1.82, 2.24) is 14.5 Å². The highest BCUT2D eigenvalue weighted by atomic mass is 35.5. The van der Waals surface area contributed by atoms with E-state index in [-0.39, 0.29) is 17.4 Å². The number of aromatic nitrogens is 2. The van der Waals surface area contributed by atoms with E-state index in [0.29, 0.717) is 45.3 Å². The lowest BCUT2D eigenvalue weighted by molar-refractivity contribution is 0.0655. The van der Waals surface area contributed by atoms with E-state index >= 15 is 0 Å². The van der Waals surface area contributed by atoms with E-state index in [2.05, 4.69) is 0 Å². The molecule has 0 aliphatic rings. The molecule has 0 aliphatic heterocycles. The first-order valence-corrected chi connectivity index (χ1v) is 12.0. The number of hydrogen-bond donors (Lipinski definition) is 0. The summed E-state index contributed by atoms with van der Waals surface area (Å²) in [7, 11) is 1.57. The highest BCUT2D eigenvalue weighted by Crippen LogP contribution is 2.27. The first-order chi connectivity index (χ1) is 17.2. The molecule has 8 heteroatoms. The average Bonchev–Trinajstić information content (AvgIpc) is 2.86. The van der Waals surface area contributed by atoms with Crippen LogP contribution < -0.4 is 10.3 Å². The predicted molar refractivity (Wildman–Crippen MR) is 140 cm³/mol. The average molecular weight is 508 g/mol. The van der Waals surface area contributed by atoms with Crippen LogP contribution in [0.25, 0.3) is 16.6 Å². The normalized spacial score (nSPS) is 12.1. The van der Waals surface area contributed by atoms with Gasteiger partial charge in [0, 0.05) is 17.1 Å². The monoisotopic (exact) mass is 507 g/mol. The van der Waals surface area contributed by atoms with Gasteiger partial charge in [0.1, 0.15) is 17.4 Å². The number of carbonyl (C=O) groups excluding carboxylic acids is 1. The molecule has 4 rings (SSSR count). The fourth-order valence-corrected chi connectivity index (χ4v) is 4.31. The van der Waals surface area contributed by atoms with Crippen LogP contribution in [-0.2, 0) is 0 Å². The Kier molecular flexibility index (Phi) is 7.40. The lowest BCUT2D eigenvalue weighted by Crippen LogP contribution is -2.39. The summed E-state index contributed by atoms with van der Waals surface area (Å²) in [6.07, 6.45) is 0. The van der Waals surface area contributed by atoms with Crippen LogP contribution in [0.4, 0.5) is 4.39 Å². The Labute approximate surface area is 213 Å². The molecular weight excluding hydrogens is 481 g/mol. The molecule has 0 radical (unpaired) electrons. The second-order valence-electron chi connectivity index (χ2n) is 9.00. The Morgan fingerprint density at radius 3 is 2.33 bits per heavy atom. The van der Waals surface area contributed by atoms with Crippen LogP contribution in [0.15, 0.2) is 71.5 Å². The van der Waals surface area contributed by atoms with Gasteiger partial charge in [0.25, 0.3) is 11.5 Å². The number of halogens is 2. The molecule has 0 saturated heterocycles. The lowest BCUT2D eigenvalue weighted by atomic mass is 10.1. The minimum absolute atomic E-state index is 0.132. The third-order valence-electron chi connectivity index (χ3n) is 5.94. The molecule has 186 valence electrons. The van der Waals surface area contributed by atoms with Crippen molar-refractivity contribution in [2.75, 3.05) is 13.7 Å². The van der Waals surface area contributed by atoms with E-state index in [1.807, 2.05) is 20.8 Å². The fourth-order valence-electron chi connectivity index (χ4n) is 4.15. The molecule has 0 fully saturated rings. The Balaban J connectivity index is 1.92. The Morgan fingerprint density at radius 2 is 1.72 bits per heavy atom. The maximum absolute atomic E-state index is 13.7. The Hall–Kier alpha value is -3.71. The van der Waals surface area contributed by atoms with Gasteiger partial charge in [0.2, 0.25) is 0 Å². The minimum Gasteiger partial charge on any atom is -0.497 e. The topological polar surface area (TPSA) is 64.4 Å². The molecule has 1 aromatic heterocycles. The maximum atomic E-state index is 13.7. The van der Waals surface area contributed by atoms with Crippen LogP contribution in [0.2, 0.25) is 5.02 Å². The molecule has 1 amide bonds. The Morgan fingerprint density at radius 1 is 1.06 bits per heavy atom. The summed E-state index contributed by atoms with van der Waals surface area (Å²) in [5, 5.41) is 0.864.